The maximum Gasteiger partial charge on any atom is 0.249 e. The molecular weight excluding hydrogens is 306 g/mol. The zero-order chi connectivity index (χ0) is 15.9. The lowest BCUT2D eigenvalue weighted by atomic mass is 10.1. The zero-order valence-corrected chi connectivity index (χ0v) is 12.8. The molecule has 22 heavy (non-hydrogen) atoms. The number of fused-ring (bicyclic) bond motifs is 1. The third-order valence-electron chi connectivity index (χ3n) is 3.49. The molecule has 7 nitrogen and oxygen atoms in total. The summed E-state index contributed by atoms with van der Waals surface area (Å²) in [5, 5.41) is 10.1. The lowest BCUT2D eigenvalue weighted by Crippen LogP contribution is -2.36. The fourth-order valence-corrected chi connectivity index (χ4v) is 2.51. The van der Waals surface area contributed by atoms with Crippen LogP contribution in [-0.4, -0.2) is 26.6 Å². The number of aryl methyl sites for hydroxylation is 1. The predicted molar refractivity (Wildman–Crippen MR) is 81.9 cm³/mol. The molecule has 2 heterocycles. The lowest BCUT2D eigenvalue weighted by molar-refractivity contribution is -0.125. The number of aromatic nitrogens is 3. The Bertz CT molecular complexity index is 771. The number of amides is 2. The fraction of sp³-hybridized carbons (Fsp3) is 0.286. The van der Waals surface area contributed by atoms with Crippen LogP contribution in [0, 0.1) is 13.8 Å². The number of halogens is 1. The first kappa shape index (κ1) is 14.5. The molecule has 1 aromatic heterocycles. The molecule has 1 aromatic carbocycles. The molecule has 2 aromatic rings. The Labute approximate surface area is 131 Å². The summed E-state index contributed by atoms with van der Waals surface area (Å²) >= 11 is 6.05. The van der Waals surface area contributed by atoms with Crippen LogP contribution in [0.5, 0.6) is 0 Å². The van der Waals surface area contributed by atoms with Crippen molar-refractivity contribution in [2.24, 2.45) is 0 Å². The smallest absolute Gasteiger partial charge is 0.249 e. The summed E-state index contributed by atoms with van der Waals surface area (Å²) in [6, 6.07) is 4.53. The Balaban J connectivity index is 1.89. The standard InChI is InChI=1S/C14H14ClN5O2/c1-7-9(15)4-3-5-10(7)17-13(22)11-6-12(21)18-14-16-8(2)19-20(11)14/h3-5,11H,6H2,1-2H3,(H,17,22)(H,16,18,19,21)/t11-/m0/s1. The van der Waals surface area contributed by atoms with Crippen molar-refractivity contribution >= 4 is 35.1 Å². The summed E-state index contributed by atoms with van der Waals surface area (Å²) in [4.78, 5) is 28.3. The summed E-state index contributed by atoms with van der Waals surface area (Å²) < 4.78 is 1.44. The van der Waals surface area contributed by atoms with Crippen LogP contribution in [0.3, 0.4) is 0 Å². The molecule has 0 radical (unpaired) electrons. The molecule has 0 spiro atoms. The molecular formula is C14H14ClN5O2. The predicted octanol–water partition coefficient (Wildman–Crippen LogP) is 2.07. The maximum atomic E-state index is 12.5. The molecule has 0 fully saturated rings. The van der Waals surface area contributed by atoms with Crippen molar-refractivity contribution in [3.05, 3.63) is 34.6 Å². The van der Waals surface area contributed by atoms with Crippen molar-refractivity contribution in [2.45, 2.75) is 26.3 Å². The van der Waals surface area contributed by atoms with Gasteiger partial charge in [0.2, 0.25) is 17.8 Å². The van der Waals surface area contributed by atoms with Gasteiger partial charge in [0.1, 0.15) is 11.9 Å². The minimum atomic E-state index is -0.733. The van der Waals surface area contributed by atoms with E-state index < -0.39 is 6.04 Å². The molecule has 8 heteroatoms. The fourth-order valence-electron chi connectivity index (χ4n) is 2.33. The van der Waals surface area contributed by atoms with Gasteiger partial charge in [0.15, 0.2) is 0 Å². The van der Waals surface area contributed by atoms with Crippen molar-refractivity contribution in [3.8, 4) is 0 Å². The number of carbonyl (C=O) groups is 2. The first-order chi connectivity index (χ1) is 10.5. The highest BCUT2D eigenvalue weighted by molar-refractivity contribution is 6.31. The van der Waals surface area contributed by atoms with Crippen LogP contribution >= 0.6 is 11.6 Å². The number of hydrogen-bond donors (Lipinski definition) is 2. The summed E-state index contributed by atoms with van der Waals surface area (Å²) in [5.74, 6) is 0.194. The van der Waals surface area contributed by atoms with Crippen LogP contribution in [0.1, 0.15) is 23.9 Å². The first-order valence-electron chi connectivity index (χ1n) is 6.74. The number of nitrogens with one attached hydrogen (secondary N) is 2. The second-order valence-corrected chi connectivity index (χ2v) is 5.50. The second kappa shape index (κ2) is 5.42. The highest BCUT2D eigenvalue weighted by Crippen LogP contribution is 2.27. The maximum absolute atomic E-state index is 12.5. The SMILES string of the molecule is Cc1nc2n(n1)[C@H](C(=O)Nc1cccc(Cl)c1C)CC(=O)N2. The van der Waals surface area contributed by atoms with Gasteiger partial charge < -0.3 is 5.32 Å². The van der Waals surface area contributed by atoms with Crippen LogP contribution in [0.4, 0.5) is 11.6 Å². The topological polar surface area (TPSA) is 88.9 Å². The van der Waals surface area contributed by atoms with Gasteiger partial charge in [-0.05, 0) is 31.5 Å². The third kappa shape index (κ3) is 2.55. The van der Waals surface area contributed by atoms with Crippen LogP contribution in [0.2, 0.25) is 5.02 Å². The van der Waals surface area contributed by atoms with Crippen molar-refractivity contribution in [2.75, 3.05) is 10.6 Å². The van der Waals surface area contributed by atoms with Gasteiger partial charge in [0.05, 0.1) is 6.42 Å². The summed E-state index contributed by atoms with van der Waals surface area (Å²) in [6.07, 6.45) is 0.0151. The molecule has 0 unspecified atom stereocenters. The van der Waals surface area contributed by atoms with E-state index in [9.17, 15) is 9.59 Å². The van der Waals surface area contributed by atoms with E-state index in [2.05, 4.69) is 20.7 Å². The highest BCUT2D eigenvalue weighted by Gasteiger charge is 2.32. The normalized spacial score (nSPS) is 16.9. The molecule has 0 bridgehead atoms. The van der Waals surface area contributed by atoms with Gasteiger partial charge in [-0.15, -0.1) is 0 Å². The van der Waals surface area contributed by atoms with Gasteiger partial charge in [0, 0.05) is 10.7 Å². The Morgan fingerprint density at radius 3 is 3.00 bits per heavy atom. The Kier molecular flexibility index (Phi) is 3.58. The van der Waals surface area contributed by atoms with E-state index in [1.165, 1.54) is 4.68 Å². The summed E-state index contributed by atoms with van der Waals surface area (Å²) in [7, 11) is 0. The second-order valence-electron chi connectivity index (χ2n) is 5.10. The third-order valence-corrected chi connectivity index (χ3v) is 3.90. The monoisotopic (exact) mass is 319 g/mol. The van der Waals surface area contributed by atoms with Crippen molar-refractivity contribution < 1.29 is 9.59 Å². The van der Waals surface area contributed by atoms with Crippen LogP contribution in [0.25, 0.3) is 0 Å². The van der Waals surface area contributed by atoms with E-state index in [1.54, 1.807) is 25.1 Å². The number of anilines is 2. The van der Waals surface area contributed by atoms with Gasteiger partial charge in [-0.1, -0.05) is 17.7 Å². The zero-order valence-electron chi connectivity index (χ0n) is 12.1. The molecule has 0 aliphatic carbocycles. The Morgan fingerprint density at radius 1 is 1.45 bits per heavy atom. The summed E-state index contributed by atoms with van der Waals surface area (Å²) in [6.45, 7) is 3.52. The van der Waals surface area contributed by atoms with Gasteiger partial charge in [-0.25, -0.2) is 4.68 Å². The number of carbonyl (C=O) groups excluding carboxylic acids is 2. The van der Waals surface area contributed by atoms with E-state index in [0.717, 1.165) is 5.56 Å². The first-order valence-corrected chi connectivity index (χ1v) is 7.12. The highest BCUT2D eigenvalue weighted by atomic mass is 35.5. The Morgan fingerprint density at radius 2 is 2.23 bits per heavy atom. The quantitative estimate of drug-likeness (QED) is 0.886. The molecule has 114 valence electrons. The molecule has 1 aliphatic rings. The Hall–Kier alpha value is -2.41. The van der Waals surface area contributed by atoms with E-state index in [-0.39, 0.29) is 24.2 Å². The minimum Gasteiger partial charge on any atom is -0.324 e. The molecule has 0 saturated heterocycles. The van der Waals surface area contributed by atoms with E-state index in [1.807, 2.05) is 6.92 Å². The van der Waals surface area contributed by atoms with E-state index in [0.29, 0.717) is 16.5 Å². The molecule has 2 N–H and O–H groups in total. The molecule has 1 aliphatic heterocycles. The van der Waals surface area contributed by atoms with Crippen molar-refractivity contribution in [3.63, 3.8) is 0 Å². The summed E-state index contributed by atoms with van der Waals surface area (Å²) in [5.41, 5.74) is 1.38. The molecule has 0 saturated carbocycles. The van der Waals surface area contributed by atoms with Gasteiger partial charge in [-0.2, -0.15) is 10.1 Å². The van der Waals surface area contributed by atoms with Crippen LogP contribution < -0.4 is 10.6 Å². The lowest BCUT2D eigenvalue weighted by Gasteiger charge is -2.23. The van der Waals surface area contributed by atoms with Crippen LogP contribution in [0.15, 0.2) is 18.2 Å². The largest absolute Gasteiger partial charge is 0.324 e. The molecule has 1 atom stereocenters. The number of rotatable bonds is 2. The van der Waals surface area contributed by atoms with Crippen LogP contribution in [-0.2, 0) is 9.59 Å². The minimum absolute atomic E-state index is 0.0151. The molecule has 3 rings (SSSR count). The van der Waals surface area contributed by atoms with Gasteiger partial charge in [-0.3, -0.25) is 14.9 Å². The number of nitrogens with zero attached hydrogens (tertiary/aromatic N) is 3. The number of hydrogen-bond acceptors (Lipinski definition) is 4. The molecule has 2 amide bonds. The van der Waals surface area contributed by atoms with Gasteiger partial charge >= 0.3 is 0 Å². The number of benzene rings is 1. The van der Waals surface area contributed by atoms with Gasteiger partial charge in [0.25, 0.3) is 0 Å². The van der Waals surface area contributed by atoms with Crippen molar-refractivity contribution in [1.82, 2.24) is 14.8 Å². The van der Waals surface area contributed by atoms with E-state index in [4.69, 9.17) is 11.6 Å². The average Bonchev–Trinajstić information content (AvgIpc) is 2.82. The van der Waals surface area contributed by atoms with Crippen molar-refractivity contribution in [1.29, 1.82) is 0 Å². The average molecular weight is 320 g/mol. The van der Waals surface area contributed by atoms with E-state index >= 15 is 0 Å².